The molecule has 4 atom stereocenters. The van der Waals surface area contributed by atoms with Crippen molar-refractivity contribution in [3.63, 3.8) is 0 Å². The van der Waals surface area contributed by atoms with Crippen molar-refractivity contribution in [3.8, 4) is 0 Å². The van der Waals surface area contributed by atoms with Crippen LogP contribution < -0.4 is 0 Å². The Bertz CT molecular complexity index is 354. The zero-order valence-corrected chi connectivity index (χ0v) is 11.0. The molecule has 16 heavy (non-hydrogen) atoms. The molecule has 0 aromatic carbocycles. The molecule has 2 fully saturated rings. The van der Waals surface area contributed by atoms with E-state index in [1.807, 2.05) is 0 Å². The van der Waals surface area contributed by atoms with Crippen LogP contribution in [0.25, 0.3) is 0 Å². The van der Waals surface area contributed by atoms with Gasteiger partial charge in [-0.05, 0) is 32.6 Å². The molecule has 0 amide bonds. The molecule has 90 valence electrons. The maximum Gasteiger partial charge on any atom is 0.303 e. The number of carbonyl (C=O) groups is 1. The van der Waals surface area contributed by atoms with Gasteiger partial charge in [-0.1, -0.05) is 25.5 Å². The monoisotopic (exact) mass is 222 g/mol. The minimum atomic E-state index is -0.157. The normalized spacial score (nSPS) is 44.8. The number of allylic oxidation sites excluding steroid dienone is 2. The molecule has 0 aromatic heterocycles. The van der Waals surface area contributed by atoms with E-state index in [4.69, 9.17) is 4.74 Å². The smallest absolute Gasteiger partial charge is 0.303 e. The quantitative estimate of drug-likeness (QED) is 0.541. The van der Waals surface area contributed by atoms with Gasteiger partial charge in [0, 0.05) is 18.3 Å². The summed E-state index contributed by atoms with van der Waals surface area (Å²) in [6.07, 6.45) is 4.53. The van der Waals surface area contributed by atoms with Crippen molar-refractivity contribution in [2.45, 2.75) is 53.1 Å². The number of hydrogen-bond donors (Lipinski definition) is 0. The van der Waals surface area contributed by atoms with Crippen molar-refractivity contribution in [1.82, 2.24) is 0 Å². The number of esters is 1. The lowest BCUT2D eigenvalue weighted by molar-refractivity contribution is -0.154. The number of ether oxygens (including phenoxy) is 1. The van der Waals surface area contributed by atoms with Crippen LogP contribution in [0, 0.1) is 17.3 Å². The van der Waals surface area contributed by atoms with E-state index < -0.39 is 0 Å². The van der Waals surface area contributed by atoms with Gasteiger partial charge in [0.2, 0.25) is 0 Å². The van der Waals surface area contributed by atoms with Gasteiger partial charge >= 0.3 is 5.97 Å². The minimum absolute atomic E-state index is 0.131. The van der Waals surface area contributed by atoms with Crippen LogP contribution in [-0.4, -0.2) is 11.6 Å². The summed E-state index contributed by atoms with van der Waals surface area (Å²) in [5.41, 5.74) is 1.39. The summed E-state index contributed by atoms with van der Waals surface area (Å²) < 4.78 is 5.63. The topological polar surface area (TPSA) is 26.3 Å². The predicted molar refractivity (Wildman–Crippen MR) is 63.9 cm³/mol. The van der Waals surface area contributed by atoms with Gasteiger partial charge in [0.1, 0.15) is 5.60 Å². The van der Waals surface area contributed by atoms with Crippen LogP contribution in [-0.2, 0) is 9.53 Å². The van der Waals surface area contributed by atoms with Crippen molar-refractivity contribution in [2.24, 2.45) is 17.3 Å². The summed E-state index contributed by atoms with van der Waals surface area (Å²) in [7, 11) is 0. The lowest BCUT2D eigenvalue weighted by Gasteiger charge is -2.25. The number of carbonyl (C=O) groups excluding carboxylic acids is 1. The molecule has 2 nitrogen and oxygen atoms in total. The van der Waals surface area contributed by atoms with Crippen LogP contribution in [0.3, 0.4) is 0 Å². The highest BCUT2D eigenvalue weighted by Crippen LogP contribution is 2.72. The van der Waals surface area contributed by atoms with E-state index in [2.05, 4.69) is 33.8 Å². The van der Waals surface area contributed by atoms with Gasteiger partial charge in [-0.15, -0.1) is 0 Å². The molecule has 2 heteroatoms. The third-order valence-electron chi connectivity index (χ3n) is 4.37. The molecule has 0 saturated heterocycles. The third kappa shape index (κ3) is 1.59. The van der Waals surface area contributed by atoms with Crippen molar-refractivity contribution >= 4 is 5.97 Å². The Hall–Kier alpha value is -0.790. The highest BCUT2D eigenvalue weighted by molar-refractivity contribution is 5.67. The first kappa shape index (κ1) is 11.7. The van der Waals surface area contributed by atoms with Gasteiger partial charge < -0.3 is 4.74 Å². The standard InChI is InChI=1S/C14H22O2/c1-9(2)6-12-8-13(12,5)14(7-10(14)3)16-11(4)15/h6,10,12H,7-8H2,1-5H3. The van der Waals surface area contributed by atoms with Crippen molar-refractivity contribution in [2.75, 3.05) is 0 Å². The highest BCUT2D eigenvalue weighted by Gasteiger charge is 2.74. The van der Waals surface area contributed by atoms with E-state index >= 15 is 0 Å². The van der Waals surface area contributed by atoms with Crippen LogP contribution in [0.2, 0.25) is 0 Å². The highest BCUT2D eigenvalue weighted by atomic mass is 16.6. The Morgan fingerprint density at radius 2 is 1.88 bits per heavy atom. The van der Waals surface area contributed by atoms with Crippen molar-refractivity contribution in [3.05, 3.63) is 11.6 Å². The Kier molecular flexibility index (Phi) is 2.45. The average Bonchev–Trinajstić information content (AvgIpc) is 2.92. The average molecular weight is 222 g/mol. The van der Waals surface area contributed by atoms with Crippen LogP contribution in [0.4, 0.5) is 0 Å². The Morgan fingerprint density at radius 3 is 2.25 bits per heavy atom. The van der Waals surface area contributed by atoms with Gasteiger partial charge in [0.05, 0.1) is 0 Å². The fourth-order valence-electron chi connectivity index (χ4n) is 3.24. The maximum absolute atomic E-state index is 11.2. The lowest BCUT2D eigenvalue weighted by atomic mass is 9.93. The first-order valence-electron chi connectivity index (χ1n) is 6.16. The molecular weight excluding hydrogens is 200 g/mol. The second-order valence-electron chi connectivity index (χ2n) is 6.06. The number of hydrogen-bond acceptors (Lipinski definition) is 2. The van der Waals surface area contributed by atoms with Crippen LogP contribution in [0.5, 0.6) is 0 Å². The van der Waals surface area contributed by atoms with Crippen LogP contribution in [0.15, 0.2) is 11.6 Å². The fourth-order valence-corrected chi connectivity index (χ4v) is 3.24. The molecule has 4 unspecified atom stereocenters. The summed E-state index contributed by atoms with van der Waals surface area (Å²) in [6, 6.07) is 0. The first-order chi connectivity index (χ1) is 7.32. The molecule has 0 N–H and O–H groups in total. The van der Waals surface area contributed by atoms with Gasteiger partial charge in [-0.2, -0.15) is 0 Å². The van der Waals surface area contributed by atoms with E-state index in [1.165, 1.54) is 12.5 Å². The van der Waals surface area contributed by atoms with Gasteiger partial charge in [-0.3, -0.25) is 4.79 Å². The molecule has 0 heterocycles. The molecule has 0 bridgehead atoms. The molecule has 0 radical (unpaired) electrons. The second-order valence-corrected chi connectivity index (χ2v) is 6.06. The summed E-state index contributed by atoms with van der Waals surface area (Å²) in [5, 5.41) is 0. The van der Waals surface area contributed by atoms with Gasteiger partial charge in [0.25, 0.3) is 0 Å². The maximum atomic E-state index is 11.2. The predicted octanol–water partition coefficient (Wildman–Crippen LogP) is 3.32. The lowest BCUT2D eigenvalue weighted by Crippen LogP contribution is -2.31. The molecule has 2 aliphatic carbocycles. The number of rotatable bonds is 3. The third-order valence-corrected chi connectivity index (χ3v) is 4.37. The Morgan fingerprint density at radius 1 is 1.31 bits per heavy atom. The van der Waals surface area contributed by atoms with E-state index in [0.717, 1.165) is 12.8 Å². The second kappa shape index (κ2) is 3.35. The minimum Gasteiger partial charge on any atom is -0.458 e. The largest absolute Gasteiger partial charge is 0.458 e. The molecule has 2 rings (SSSR count). The molecule has 0 spiro atoms. The Balaban J connectivity index is 2.13. The molecular formula is C14H22O2. The van der Waals surface area contributed by atoms with Crippen molar-refractivity contribution < 1.29 is 9.53 Å². The summed E-state index contributed by atoms with van der Waals surface area (Å²) in [4.78, 5) is 11.2. The fraction of sp³-hybridized carbons (Fsp3) is 0.786. The van der Waals surface area contributed by atoms with Crippen molar-refractivity contribution in [1.29, 1.82) is 0 Å². The summed E-state index contributed by atoms with van der Waals surface area (Å²) >= 11 is 0. The van der Waals surface area contributed by atoms with E-state index in [0.29, 0.717) is 11.8 Å². The van der Waals surface area contributed by atoms with Gasteiger partial charge in [0.15, 0.2) is 0 Å². The molecule has 2 saturated carbocycles. The van der Waals surface area contributed by atoms with E-state index in [9.17, 15) is 4.79 Å². The summed E-state index contributed by atoms with van der Waals surface area (Å²) in [6.45, 7) is 10.2. The summed E-state index contributed by atoms with van der Waals surface area (Å²) in [5.74, 6) is 0.993. The molecule has 0 aromatic rings. The van der Waals surface area contributed by atoms with Crippen LogP contribution >= 0.6 is 0 Å². The van der Waals surface area contributed by atoms with Gasteiger partial charge in [-0.25, -0.2) is 0 Å². The molecule has 2 aliphatic rings. The van der Waals surface area contributed by atoms with E-state index in [1.54, 1.807) is 0 Å². The SMILES string of the molecule is CC(=O)OC1(C2(C)CC2C=C(C)C)CC1C. The van der Waals surface area contributed by atoms with E-state index in [-0.39, 0.29) is 17.0 Å². The first-order valence-corrected chi connectivity index (χ1v) is 6.16. The van der Waals surface area contributed by atoms with Crippen LogP contribution in [0.1, 0.15) is 47.5 Å². The zero-order chi connectivity index (χ0) is 12.1. The zero-order valence-electron chi connectivity index (χ0n) is 11.0. The Labute approximate surface area is 98.1 Å². The molecule has 0 aliphatic heterocycles.